The molecule has 0 spiro atoms. The molecule has 0 unspecified atom stereocenters. The van der Waals surface area contributed by atoms with Crippen molar-refractivity contribution >= 4 is 0 Å². The Morgan fingerprint density at radius 3 is 3.05 bits per heavy atom. The molecule has 3 rings (SSSR count). The van der Waals surface area contributed by atoms with Crippen LogP contribution in [-0.2, 0) is 6.54 Å². The molecule has 2 aromatic rings. The lowest BCUT2D eigenvalue weighted by molar-refractivity contribution is 0.153. The standard InChI is InChI=1S/C16H19N3O/c20-12-15-5-2-8-19(15)11-13-3-1-4-14(9-13)16-10-17-6-7-18-16/h1,3-4,6-7,9-10,15,20H,2,5,8,11-12H2/t15-/m0/s1. The van der Waals surface area contributed by atoms with Crippen molar-refractivity contribution in [1.82, 2.24) is 14.9 Å². The number of aliphatic hydroxyl groups excluding tert-OH is 1. The molecule has 1 saturated heterocycles. The maximum absolute atomic E-state index is 9.39. The van der Waals surface area contributed by atoms with Gasteiger partial charge in [-0.1, -0.05) is 18.2 Å². The van der Waals surface area contributed by atoms with Crippen LogP contribution in [0.5, 0.6) is 0 Å². The van der Waals surface area contributed by atoms with E-state index in [1.807, 2.05) is 0 Å². The first-order chi connectivity index (χ1) is 9.86. The third kappa shape index (κ3) is 2.86. The predicted molar refractivity (Wildman–Crippen MR) is 78.0 cm³/mol. The quantitative estimate of drug-likeness (QED) is 0.923. The van der Waals surface area contributed by atoms with Crippen molar-refractivity contribution < 1.29 is 5.11 Å². The van der Waals surface area contributed by atoms with E-state index in [0.29, 0.717) is 6.04 Å². The minimum absolute atomic E-state index is 0.254. The average Bonchev–Trinajstić information content (AvgIpc) is 2.96. The van der Waals surface area contributed by atoms with E-state index in [0.717, 1.165) is 30.8 Å². The number of aliphatic hydroxyl groups is 1. The Morgan fingerprint density at radius 2 is 2.25 bits per heavy atom. The van der Waals surface area contributed by atoms with E-state index in [4.69, 9.17) is 0 Å². The summed E-state index contributed by atoms with van der Waals surface area (Å²) in [6.07, 6.45) is 7.45. The van der Waals surface area contributed by atoms with Crippen molar-refractivity contribution in [1.29, 1.82) is 0 Å². The van der Waals surface area contributed by atoms with Crippen molar-refractivity contribution in [3.63, 3.8) is 0 Å². The van der Waals surface area contributed by atoms with Gasteiger partial charge in [0.1, 0.15) is 0 Å². The second-order valence-corrected chi connectivity index (χ2v) is 5.24. The average molecular weight is 269 g/mol. The third-order valence-corrected chi connectivity index (χ3v) is 3.88. The third-order valence-electron chi connectivity index (χ3n) is 3.88. The highest BCUT2D eigenvalue weighted by Gasteiger charge is 2.23. The van der Waals surface area contributed by atoms with Gasteiger partial charge < -0.3 is 5.11 Å². The minimum Gasteiger partial charge on any atom is -0.395 e. The van der Waals surface area contributed by atoms with Gasteiger partial charge in [0.05, 0.1) is 18.5 Å². The van der Waals surface area contributed by atoms with Gasteiger partial charge in [0, 0.05) is 30.5 Å². The molecule has 0 bridgehead atoms. The van der Waals surface area contributed by atoms with E-state index in [1.54, 1.807) is 18.6 Å². The second kappa shape index (κ2) is 6.11. The second-order valence-electron chi connectivity index (χ2n) is 5.24. The molecule has 0 amide bonds. The summed E-state index contributed by atoms with van der Waals surface area (Å²) in [6.45, 7) is 2.21. The van der Waals surface area contributed by atoms with Crippen molar-refractivity contribution in [3.05, 3.63) is 48.4 Å². The highest BCUT2D eigenvalue weighted by molar-refractivity contribution is 5.58. The van der Waals surface area contributed by atoms with Crippen molar-refractivity contribution in [2.75, 3.05) is 13.2 Å². The zero-order valence-corrected chi connectivity index (χ0v) is 11.4. The molecule has 1 atom stereocenters. The SMILES string of the molecule is OC[C@@H]1CCCN1Cc1cccc(-c2cnccn2)c1. The predicted octanol–water partition coefficient (Wildman–Crippen LogP) is 2.10. The number of hydrogen-bond acceptors (Lipinski definition) is 4. The normalized spacial score (nSPS) is 19.4. The molecule has 1 N–H and O–H groups in total. The van der Waals surface area contributed by atoms with Crippen LogP contribution in [0, 0.1) is 0 Å². The van der Waals surface area contributed by atoms with E-state index in [1.165, 1.54) is 12.0 Å². The zero-order valence-electron chi connectivity index (χ0n) is 11.4. The van der Waals surface area contributed by atoms with Crippen LogP contribution in [0.3, 0.4) is 0 Å². The Morgan fingerprint density at radius 1 is 1.30 bits per heavy atom. The molecule has 2 heterocycles. The monoisotopic (exact) mass is 269 g/mol. The van der Waals surface area contributed by atoms with E-state index in [-0.39, 0.29) is 6.61 Å². The fraction of sp³-hybridized carbons (Fsp3) is 0.375. The summed E-state index contributed by atoms with van der Waals surface area (Å²) in [6, 6.07) is 8.73. The number of benzene rings is 1. The first-order valence-electron chi connectivity index (χ1n) is 7.07. The number of rotatable bonds is 4. The fourth-order valence-electron chi connectivity index (χ4n) is 2.82. The van der Waals surface area contributed by atoms with Crippen LogP contribution >= 0.6 is 0 Å². The largest absolute Gasteiger partial charge is 0.395 e. The summed E-state index contributed by atoms with van der Waals surface area (Å²) < 4.78 is 0. The Hall–Kier alpha value is -1.78. The molecular weight excluding hydrogens is 250 g/mol. The van der Waals surface area contributed by atoms with Crippen LogP contribution in [0.2, 0.25) is 0 Å². The Balaban J connectivity index is 1.78. The highest BCUT2D eigenvalue weighted by Crippen LogP contribution is 2.22. The zero-order chi connectivity index (χ0) is 13.8. The number of hydrogen-bond donors (Lipinski definition) is 1. The van der Waals surface area contributed by atoms with Crippen LogP contribution in [-0.4, -0.2) is 39.2 Å². The Labute approximate surface area is 119 Å². The van der Waals surface area contributed by atoms with E-state index >= 15 is 0 Å². The van der Waals surface area contributed by atoms with E-state index in [2.05, 4.69) is 39.1 Å². The maximum Gasteiger partial charge on any atom is 0.0885 e. The van der Waals surface area contributed by atoms with E-state index < -0.39 is 0 Å². The van der Waals surface area contributed by atoms with Gasteiger partial charge in [-0.15, -0.1) is 0 Å². The molecule has 0 aliphatic carbocycles. The lowest BCUT2D eigenvalue weighted by Gasteiger charge is -2.22. The summed E-state index contributed by atoms with van der Waals surface area (Å²) in [5, 5.41) is 9.39. The number of aromatic nitrogens is 2. The van der Waals surface area contributed by atoms with Crippen molar-refractivity contribution in [2.24, 2.45) is 0 Å². The van der Waals surface area contributed by atoms with Gasteiger partial charge in [-0.2, -0.15) is 0 Å². The molecule has 1 fully saturated rings. The molecule has 4 heteroatoms. The molecule has 0 saturated carbocycles. The molecule has 1 aromatic carbocycles. The highest BCUT2D eigenvalue weighted by atomic mass is 16.3. The smallest absolute Gasteiger partial charge is 0.0885 e. The van der Waals surface area contributed by atoms with Gasteiger partial charge in [0.25, 0.3) is 0 Å². The van der Waals surface area contributed by atoms with Crippen molar-refractivity contribution in [3.8, 4) is 11.3 Å². The lowest BCUT2D eigenvalue weighted by Crippen LogP contribution is -2.31. The Kier molecular flexibility index (Phi) is 4.04. The first-order valence-corrected chi connectivity index (χ1v) is 7.07. The van der Waals surface area contributed by atoms with Gasteiger partial charge in [-0.05, 0) is 31.0 Å². The van der Waals surface area contributed by atoms with E-state index in [9.17, 15) is 5.11 Å². The first kappa shape index (κ1) is 13.2. The van der Waals surface area contributed by atoms with Gasteiger partial charge in [-0.3, -0.25) is 14.9 Å². The molecule has 104 valence electrons. The summed E-state index contributed by atoms with van der Waals surface area (Å²) in [5.74, 6) is 0. The topological polar surface area (TPSA) is 49.2 Å². The summed E-state index contributed by atoms with van der Waals surface area (Å²) in [7, 11) is 0. The Bertz CT molecular complexity index is 559. The molecule has 1 aliphatic rings. The van der Waals surface area contributed by atoms with Crippen LogP contribution in [0.25, 0.3) is 11.3 Å². The van der Waals surface area contributed by atoms with Crippen LogP contribution in [0.4, 0.5) is 0 Å². The lowest BCUT2D eigenvalue weighted by atomic mass is 10.1. The molecular formula is C16H19N3O. The number of likely N-dealkylation sites (tertiary alicyclic amines) is 1. The molecule has 20 heavy (non-hydrogen) atoms. The van der Waals surface area contributed by atoms with Crippen LogP contribution < -0.4 is 0 Å². The number of nitrogens with zero attached hydrogens (tertiary/aromatic N) is 3. The minimum atomic E-state index is 0.254. The maximum atomic E-state index is 9.39. The van der Waals surface area contributed by atoms with Gasteiger partial charge in [-0.25, -0.2) is 0 Å². The van der Waals surface area contributed by atoms with Crippen LogP contribution in [0.15, 0.2) is 42.9 Å². The molecule has 1 aliphatic heterocycles. The van der Waals surface area contributed by atoms with Crippen molar-refractivity contribution in [2.45, 2.75) is 25.4 Å². The van der Waals surface area contributed by atoms with Crippen LogP contribution in [0.1, 0.15) is 18.4 Å². The molecule has 4 nitrogen and oxygen atoms in total. The van der Waals surface area contributed by atoms with Gasteiger partial charge in [0.15, 0.2) is 0 Å². The molecule has 1 aromatic heterocycles. The van der Waals surface area contributed by atoms with Gasteiger partial charge in [0.2, 0.25) is 0 Å². The molecule has 0 radical (unpaired) electrons. The fourth-order valence-corrected chi connectivity index (χ4v) is 2.82. The van der Waals surface area contributed by atoms with Gasteiger partial charge >= 0.3 is 0 Å². The summed E-state index contributed by atoms with van der Waals surface area (Å²) in [5.41, 5.74) is 3.25. The summed E-state index contributed by atoms with van der Waals surface area (Å²) >= 11 is 0. The summed E-state index contributed by atoms with van der Waals surface area (Å²) in [4.78, 5) is 10.8.